The molecule has 0 spiro atoms. The van der Waals surface area contributed by atoms with Crippen LogP contribution in [0.15, 0.2) is 24.3 Å². The van der Waals surface area contributed by atoms with Crippen molar-refractivity contribution in [2.45, 2.75) is 12.1 Å². The Morgan fingerprint density at radius 2 is 1.89 bits per heavy atom. The molecule has 98 valence electrons. The number of rotatable bonds is 3. The average molecular weight is 272 g/mol. The number of hydrogen-bond donors (Lipinski definition) is 2. The van der Waals surface area contributed by atoms with E-state index in [9.17, 15) is 23.6 Å². The first-order chi connectivity index (χ1) is 8.37. The number of nitrogens with one attached hydrogen (secondary N) is 1. The predicted octanol–water partition coefficient (Wildman–Crippen LogP) is 0.165. The SMILES string of the molecule is O=[N+]([O-])c1ccc(N[C@H]2CS(=O)(=O)C[C@H]2O)cc1. The lowest BCUT2D eigenvalue weighted by molar-refractivity contribution is -0.384. The van der Waals surface area contributed by atoms with Crippen molar-refractivity contribution >= 4 is 21.2 Å². The van der Waals surface area contributed by atoms with Crippen molar-refractivity contribution < 1.29 is 18.4 Å². The molecule has 8 heteroatoms. The predicted molar refractivity (Wildman–Crippen MR) is 65.2 cm³/mol. The Morgan fingerprint density at radius 3 is 2.33 bits per heavy atom. The van der Waals surface area contributed by atoms with Gasteiger partial charge >= 0.3 is 0 Å². The summed E-state index contributed by atoms with van der Waals surface area (Å²) in [7, 11) is -3.21. The van der Waals surface area contributed by atoms with Gasteiger partial charge in [-0.3, -0.25) is 10.1 Å². The van der Waals surface area contributed by atoms with Gasteiger partial charge in [-0.1, -0.05) is 0 Å². The molecule has 2 atom stereocenters. The third-order valence-corrected chi connectivity index (χ3v) is 4.47. The molecule has 1 aromatic carbocycles. The van der Waals surface area contributed by atoms with Gasteiger partial charge in [0.2, 0.25) is 0 Å². The summed E-state index contributed by atoms with van der Waals surface area (Å²) >= 11 is 0. The fourth-order valence-corrected chi connectivity index (χ4v) is 3.60. The molecular formula is C10H12N2O5S. The number of nitro groups is 1. The van der Waals surface area contributed by atoms with E-state index < -0.39 is 26.9 Å². The number of hydrogen-bond acceptors (Lipinski definition) is 6. The van der Waals surface area contributed by atoms with Gasteiger partial charge in [0.05, 0.1) is 28.6 Å². The van der Waals surface area contributed by atoms with E-state index in [0.717, 1.165) is 0 Å². The number of non-ortho nitro benzene ring substituents is 1. The van der Waals surface area contributed by atoms with Crippen molar-refractivity contribution in [1.82, 2.24) is 0 Å². The first-order valence-electron chi connectivity index (χ1n) is 5.27. The summed E-state index contributed by atoms with van der Waals surface area (Å²) in [6.07, 6.45) is -0.954. The Kier molecular flexibility index (Phi) is 3.22. The monoisotopic (exact) mass is 272 g/mol. The molecule has 0 amide bonds. The summed E-state index contributed by atoms with van der Waals surface area (Å²) in [5, 5.41) is 22.9. The number of nitrogens with zero attached hydrogens (tertiary/aromatic N) is 1. The molecule has 2 N–H and O–H groups in total. The van der Waals surface area contributed by atoms with Crippen LogP contribution in [0.2, 0.25) is 0 Å². The van der Waals surface area contributed by atoms with Crippen molar-refractivity contribution in [3.05, 3.63) is 34.4 Å². The summed E-state index contributed by atoms with van der Waals surface area (Å²) in [4.78, 5) is 9.94. The summed E-state index contributed by atoms with van der Waals surface area (Å²) in [5.74, 6) is -0.386. The number of aliphatic hydroxyl groups excluding tert-OH is 1. The molecule has 7 nitrogen and oxygen atoms in total. The van der Waals surface area contributed by atoms with Crippen molar-refractivity contribution in [1.29, 1.82) is 0 Å². The maximum atomic E-state index is 11.3. The molecule has 2 rings (SSSR count). The molecule has 1 heterocycles. The molecule has 18 heavy (non-hydrogen) atoms. The molecule has 0 aromatic heterocycles. The fourth-order valence-electron chi connectivity index (χ4n) is 1.86. The second-order valence-electron chi connectivity index (χ2n) is 4.20. The van der Waals surface area contributed by atoms with Crippen molar-refractivity contribution in [3.8, 4) is 0 Å². The number of benzene rings is 1. The zero-order chi connectivity index (χ0) is 13.3. The van der Waals surface area contributed by atoms with Gasteiger partial charge in [-0.05, 0) is 12.1 Å². The maximum absolute atomic E-state index is 11.3. The Hall–Kier alpha value is -1.67. The van der Waals surface area contributed by atoms with E-state index in [1.165, 1.54) is 24.3 Å². The highest BCUT2D eigenvalue weighted by atomic mass is 32.2. The molecule has 0 unspecified atom stereocenters. The topological polar surface area (TPSA) is 110 Å². The minimum atomic E-state index is -3.21. The van der Waals surface area contributed by atoms with Crippen LogP contribution in [0.3, 0.4) is 0 Å². The van der Waals surface area contributed by atoms with Gasteiger partial charge in [0.15, 0.2) is 9.84 Å². The van der Waals surface area contributed by atoms with Gasteiger partial charge in [0.1, 0.15) is 0 Å². The lowest BCUT2D eigenvalue weighted by Gasteiger charge is -2.15. The van der Waals surface area contributed by atoms with Gasteiger partial charge in [-0.2, -0.15) is 0 Å². The van der Waals surface area contributed by atoms with Crippen LogP contribution in [0.25, 0.3) is 0 Å². The molecular weight excluding hydrogens is 260 g/mol. The zero-order valence-corrected chi connectivity index (χ0v) is 10.1. The van der Waals surface area contributed by atoms with Crippen molar-refractivity contribution in [3.63, 3.8) is 0 Å². The third kappa shape index (κ3) is 2.77. The quantitative estimate of drug-likeness (QED) is 0.599. The smallest absolute Gasteiger partial charge is 0.269 e. The normalized spacial score (nSPS) is 25.8. The van der Waals surface area contributed by atoms with Crippen LogP contribution in [0.1, 0.15) is 0 Å². The molecule has 1 aromatic rings. The van der Waals surface area contributed by atoms with Gasteiger partial charge in [0.25, 0.3) is 5.69 Å². The summed E-state index contributed by atoms with van der Waals surface area (Å²) in [6.45, 7) is 0. The zero-order valence-electron chi connectivity index (χ0n) is 9.31. The Bertz CT molecular complexity index is 554. The van der Waals surface area contributed by atoms with Gasteiger partial charge < -0.3 is 10.4 Å². The Balaban J connectivity index is 2.08. The van der Waals surface area contributed by atoms with Crippen LogP contribution in [0.4, 0.5) is 11.4 Å². The van der Waals surface area contributed by atoms with Crippen LogP contribution >= 0.6 is 0 Å². The fraction of sp³-hybridized carbons (Fsp3) is 0.400. The van der Waals surface area contributed by atoms with E-state index in [1.807, 2.05) is 0 Å². The summed E-state index contributed by atoms with van der Waals surface area (Å²) in [6, 6.07) is 5.03. The number of aliphatic hydroxyl groups is 1. The Morgan fingerprint density at radius 1 is 1.28 bits per heavy atom. The molecule has 1 aliphatic rings. The second kappa shape index (κ2) is 4.54. The lowest BCUT2D eigenvalue weighted by Crippen LogP contribution is -2.31. The number of anilines is 1. The average Bonchev–Trinajstić information content (AvgIpc) is 2.52. The number of nitro benzene ring substituents is 1. The van der Waals surface area contributed by atoms with Crippen LogP contribution in [-0.2, 0) is 9.84 Å². The largest absolute Gasteiger partial charge is 0.390 e. The van der Waals surface area contributed by atoms with E-state index in [0.29, 0.717) is 5.69 Å². The van der Waals surface area contributed by atoms with Crippen LogP contribution in [0, 0.1) is 10.1 Å². The van der Waals surface area contributed by atoms with E-state index in [-0.39, 0.29) is 17.2 Å². The molecule has 0 radical (unpaired) electrons. The highest BCUT2D eigenvalue weighted by molar-refractivity contribution is 7.91. The molecule has 0 aliphatic carbocycles. The standard InChI is InChI=1S/C10H12N2O5S/c13-10-6-18(16,17)5-9(10)11-7-1-3-8(4-2-7)12(14)15/h1-4,9-11,13H,5-6H2/t9-,10+/m0/s1. The summed E-state index contributed by atoms with van der Waals surface area (Å²) in [5.41, 5.74) is 0.502. The lowest BCUT2D eigenvalue weighted by atomic mass is 10.2. The molecule has 0 saturated carbocycles. The molecule has 1 fully saturated rings. The first-order valence-corrected chi connectivity index (χ1v) is 7.09. The van der Waals surface area contributed by atoms with Gasteiger partial charge in [-0.15, -0.1) is 0 Å². The minimum absolute atomic E-state index is 0.0415. The van der Waals surface area contributed by atoms with Gasteiger partial charge in [-0.25, -0.2) is 8.42 Å². The molecule has 1 saturated heterocycles. The first kappa shape index (κ1) is 12.8. The van der Waals surface area contributed by atoms with Crippen LogP contribution in [0.5, 0.6) is 0 Å². The number of sulfone groups is 1. The summed E-state index contributed by atoms with van der Waals surface area (Å²) < 4.78 is 22.6. The van der Waals surface area contributed by atoms with Crippen LogP contribution < -0.4 is 5.32 Å². The molecule has 1 aliphatic heterocycles. The highest BCUT2D eigenvalue weighted by Crippen LogP contribution is 2.20. The van der Waals surface area contributed by atoms with E-state index in [1.54, 1.807) is 0 Å². The molecule has 0 bridgehead atoms. The van der Waals surface area contributed by atoms with E-state index in [2.05, 4.69) is 5.32 Å². The third-order valence-electron chi connectivity index (χ3n) is 2.75. The highest BCUT2D eigenvalue weighted by Gasteiger charge is 2.36. The minimum Gasteiger partial charge on any atom is -0.390 e. The van der Waals surface area contributed by atoms with Gasteiger partial charge in [0, 0.05) is 17.8 Å². The second-order valence-corrected chi connectivity index (χ2v) is 6.35. The van der Waals surface area contributed by atoms with E-state index >= 15 is 0 Å². The Labute approximate surface area is 104 Å². The van der Waals surface area contributed by atoms with Crippen LogP contribution in [-0.4, -0.2) is 42.1 Å². The van der Waals surface area contributed by atoms with Crippen molar-refractivity contribution in [2.24, 2.45) is 0 Å². The van der Waals surface area contributed by atoms with Crippen molar-refractivity contribution in [2.75, 3.05) is 16.8 Å². The van der Waals surface area contributed by atoms with E-state index in [4.69, 9.17) is 0 Å². The maximum Gasteiger partial charge on any atom is 0.269 e.